The number of carbonyl (C=O) groups is 1. The van der Waals surface area contributed by atoms with Crippen molar-refractivity contribution in [2.24, 2.45) is 0 Å². The Morgan fingerprint density at radius 3 is 2.27 bits per heavy atom. The van der Waals surface area contributed by atoms with E-state index in [2.05, 4.69) is 0 Å². The fourth-order valence-corrected chi connectivity index (χ4v) is 0.806. The number of hydrogen-bond donors (Lipinski definition) is 0. The van der Waals surface area contributed by atoms with Crippen LogP contribution in [-0.4, -0.2) is 17.5 Å². The third-order valence-corrected chi connectivity index (χ3v) is 1.40. The molecule has 0 bridgehead atoms. The molecule has 0 spiro atoms. The monoisotopic (exact) mass is 235 g/mol. The van der Waals surface area contributed by atoms with E-state index in [0.29, 0.717) is 0 Å². The first-order chi connectivity index (χ1) is 6.59. The summed E-state index contributed by atoms with van der Waals surface area (Å²) in [6, 6.07) is 5.09. The molecule has 0 radical (unpaired) electrons. The number of benzene rings is 1. The Morgan fingerprint density at radius 2 is 1.87 bits per heavy atom. The number of nitrogens with zero attached hydrogens (tertiary/aromatic N) is 1. The smallest absolute Gasteiger partial charge is 0.546 e. The average Bonchev–Trinajstić information content (AvgIpc) is 2.15. The molecule has 0 aliphatic carbocycles. The van der Waals surface area contributed by atoms with Crippen molar-refractivity contribution >= 4 is 11.7 Å². The first-order valence-electron chi connectivity index (χ1n) is 3.66. The summed E-state index contributed by atoms with van der Waals surface area (Å²) in [5, 5.41) is 20.2. The van der Waals surface area contributed by atoms with Crippen LogP contribution in [0, 0.1) is 10.1 Å². The van der Waals surface area contributed by atoms with Crippen molar-refractivity contribution < 1.29 is 70.9 Å². The Kier molecular flexibility index (Phi) is 6.69. The predicted octanol–water partition coefficient (Wildman–Crippen LogP) is -3.27. The molecule has 0 aliphatic rings. The van der Waals surface area contributed by atoms with Gasteiger partial charge < -0.3 is 14.6 Å². The number of rotatable bonds is 4. The van der Waals surface area contributed by atoms with Crippen molar-refractivity contribution in [1.29, 1.82) is 0 Å². The zero-order chi connectivity index (χ0) is 10.6. The molecule has 1 aromatic carbocycles. The first kappa shape index (κ1) is 14.5. The molecule has 0 aliphatic heterocycles. The standard InChI is InChI=1S/C8H7NO5.K/c10-8(11)5-14-7-3-1-6(2-4-7)9(12)13;/h1-4H,5H2,(H,10,11);/q;+1/p-1. The summed E-state index contributed by atoms with van der Waals surface area (Å²) in [6.07, 6.45) is 0. The fraction of sp³-hybridized carbons (Fsp3) is 0.125. The summed E-state index contributed by atoms with van der Waals surface area (Å²) < 4.78 is 4.72. The van der Waals surface area contributed by atoms with Gasteiger partial charge in [-0.05, 0) is 12.1 Å². The normalized spacial score (nSPS) is 8.80. The molecule has 0 saturated heterocycles. The summed E-state index contributed by atoms with van der Waals surface area (Å²) in [5.74, 6) is -1.09. The minimum absolute atomic E-state index is 0. The van der Waals surface area contributed by atoms with Crippen LogP contribution in [0.25, 0.3) is 0 Å². The van der Waals surface area contributed by atoms with Gasteiger partial charge in [-0.25, -0.2) is 0 Å². The van der Waals surface area contributed by atoms with Crippen molar-refractivity contribution in [2.45, 2.75) is 0 Å². The van der Waals surface area contributed by atoms with Gasteiger partial charge in [0, 0.05) is 12.1 Å². The first-order valence-corrected chi connectivity index (χ1v) is 3.66. The number of carbonyl (C=O) groups excluding carboxylic acids is 1. The van der Waals surface area contributed by atoms with Crippen LogP contribution in [-0.2, 0) is 4.79 Å². The van der Waals surface area contributed by atoms with Gasteiger partial charge in [0.1, 0.15) is 12.4 Å². The van der Waals surface area contributed by atoms with Crippen molar-refractivity contribution in [1.82, 2.24) is 0 Å². The zero-order valence-electron chi connectivity index (χ0n) is 8.00. The topological polar surface area (TPSA) is 92.5 Å². The van der Waals surface area contributed by atoms with Crippen LogP contribution in [0.4, 0.5) is 5.69 Å². The molecule has 0 aromatic heterocycles. The number of ether oxygens (including phenoxy) is 1. The summed E-state index contributed by atoms with van der Waals surface area (Å²) in [6.45, 7) is -0.572. The molecule has 6 nitrogen and oxygen atoms in total. The predicted molar refractivity (Wildman–Crippen MR) is 43.6 cm³/mol. The van der Waals surface area contributed by atoms with Crippen LogP contribution in [0.1, 0.15) is 0 Å². The molecule has 0 fully saturated rings. The van der Waals surface area contributed by atoms with E-state index in [4.69, 9.17) is 4.74 Å². The molecule has 0 unspecified atom stereocenters. The van der Waals surface area contributed by atoms with Gasteiger partial charge in [-0.15, -0.1) is 0 Å². The summed E-state index contributed by atoms with van der Waals surface area (Å²) in [5.41, 5.74) is -0.0780. The molecule has 0 N–H and O–H groups in total. The van der Waals surface area contributed by atoms with Crippen molar-refractivity contribution in [3.05, 3.63) is 34.4 Å². The van der Waals surface area contributed by atoms with Crippen molar-refractivity contribution in [3.63, 3.8) is 0 Å². The fourth-order valence-electron chi connectivity index (χ4n) is 0.806. The number of nitro benzene ring substituents is 1. The minimum atomic E-state index is -1.34. The Balaban J connectivity index is 0.00000196. The second-order valence-electron chi connectivity index (χ2n) is 2.41. The molecule has 0 heterocycles. The van der Waals surface area contributed by atoms with Gasteiger partial charge in [0.15, 0.2) is 0 Å². The van der Waals surface area contributed by atoms with Gasteiger partial charge in [0.2, 0.25) is 0 Å². The molecule has 74 valence electrons. The van der Waals surface area contributed by atoms with E-state index in [1.807, 2.05) is 0 Å². The molecule has 0 amide bonds. The maximum atomic E-state index is 10.2. The third-order valence-electron chi connectivity index (χ3n) is 1.40. The summed E-state index contributed by atoms with van der Waals surface area (Å²) >= 11 is 0. The molecular weight excluding hydrogens is 229 g/mol. The van der Waals surface area contributed by atoms with E-state index in [9.17, 15) is 20.0 Å². The number of nitro groups is 1. The maximum absolute atomic E-state index is 10.2. The van der Waals surface area contributed by atoms with Gasteiger partial charge in [0.05, 0.1) is 10.9 Å². The van der Waals surface area contributed by atoms with E-state index in [0.717, 1.165) is 0 Å². The second kappa shape index (κ2) is 6.91. The Morgan fingerprint density at radius 1 is 1.33 bits per heavy atom. The van der Waals surface area contributed by atoms with Crippen molar-refractivity contribution in [3.8, 4) is 5.75 Å². The molecule has 1 aromatic rings. The second-order valence-corrected chi connectivity index (χ2v) is 2.41. The van der Waals surface area contributed by atoms with Gasteiger partial charge in [0.25, 0.3) is 5.69 Å². The quantitative estimate of drug-likeness (QED) is 0.310. The van der Waals surface area contributed by atoms with E-state index >= 15 is 0 Å². The van der Waals surface area contributed by atoms with Crippen LogP contribution in [0.5, 0.6) is 5.75 Å². The Hall–Kier alpha value is -0.474. The van der Waals surface area contributed by atoms with Gasteiger partial charge in [-0.1, -0.05) is 0 Å². The average molecular weight is 235 g/mol. The van der Waals surface area contributed by atoms with E-state index in [1.54, 1.807) is 0 Å². The number of non-ortho nitro benzene ring substituents is 1. The number of aliphatic carboxylic acids is 1. The van der Waals surface area contributed by atoms with Gasteiger partial charge in [-0.2, -0.15) is 0 Å². The summed E-state index contributed by atoms with van der Waals surface area (Å²) in [7, 11) is 0. The molecule has 15 heavy (non-hydrogen) atoms. The zero-order valence-corrected chi connectivity index (χ0v) is 11.1. The van der Waals surface area contributed by atoms with Crippen LogP contribution in [0.15, 0.2) is 24.3 Å². The van der Waals surface area contributed by atoms with Crippen LogP contribution in [0.2, 0.25) is 0 Å². The summed E-state index contributed by atoms with van der Waals surface area (Å²) in [4.78, 5) is 19.7. The van der Waals surface area contributed by atoms with Crippen LogP contribution in [0.3, 0.4) is 0 Å². The van der Waals surface area contributed by atoms with Gasteiger partial charge >= 0.3 is 51.4 Å². The Bertz CT molecular complexity index is 351. The minimum Gasteiger partial charge on any atom is -0.546 e. The number of carboxylic acid groups (broad SMARTS) is 1. The number of carboxylic acids is 1. The van der Waals surface area contributed by atoms with E-state index in [1.165, 1.54) is 24.3 Å². The number of hydrogen-bond acceptors (Lipinski definition) is 5. The molecule has 0 atom stereocenters. The maximum Gasteiger partial charge on any atom is 1.00 e. The largest absolute Gasteiger partial charge is 1.00 e. The van der Waals surface area contributed by atoms with Crippen LogP contribution < -0.4 is 61.2 Å². The Labute approximate surface area is 128 Å². The molecular formula is C8H6KNO5. The third kappa shape index (κ3) is 5.24. The van der Waals surface area contributed by atoms with Crippen molar-refractivity contribution in [2.75, 3.05) is 6.61 Å². The molecule has 7 heteroatoms. The van der Waals surface area contributed by atoms with Crippen LogP contribution >= 0.6 is 0 Å². The van der Waals surface area contributed by atoms with E-state index < -0.39 is 17.5 Å². The van der Waals surface area contributed by atoms with E-state index in [-0.39, 0.29) is 62.8 Å². The van der Waals surface area contributed by atoms with Gasteiger partial charge in [-0.3, -0.25) is 10.1 Å². The molecule has 1 rings (SSSR count). The SMILES string of the molecule is O=C([O-])COc1ccc([N+](=O)[O-])cc1.[K+]. The molecule has 0 saturated carbocycles.